The smallest absolute Gasteiger partial charge is 0.282 e. The van der Waals surface area contributed by atoms with Crippen LogP contribution in [0.3, 0.4) is 0 Å². The lowest BCUT2D eigenvalue weighted by atomic mass is 10.3. The molecule has 2 fully saturated rings. The Bertz CT molecular complexity index is 662. The number of hydrogen-bond acceptors (Lipinski definition) is 6. The van der Waals surface area contributed by atoms with Crippen molar-refractivity contribution in [2.45, 2.75) is 32.7 Å². The Morgan fingerprint density at radius 1 is 1.04 bits per heavy atom. The average Bonchev–Trinajstić information content (AvgIpc) is 3.08. The van der Waals surface area contributed by atoms with E-state index in [9.17, 15) is 8.42 Å². The standard InChI is InChI=1S/C17H31N5O2S2/c1-3-4-5-17-18-16(15-25-17)14-20-8-12-22(13-9-20)26(23,24)21-10-6-19(2)7-11-21/h15H,3-14H2,1-2H3. The second kappa shape index (κ2) is 9.07. The molecule has 0 atom stereocenters. The number of piperazine rings is 2. The number of hydrogen-bond donors (Lipinski definition) is 0. The van der Waals surface area contributed by atoms with E-state index in [1.165, 1.54) is 17.8 Å². The summed E-state index contributed by atoms with van der Waals surface area (Å²) in [6.07, 6.45) is 3.45. The highest BCUT2D eigenvalue weighted by molar-refractivity contribution is 7.86. The SMILES string of the molecule is CCCCc1nc(CN2CCN(S(=O)(=O)N3CCN(C)CC3)CC2)cs1. The molecule has 0 bridgehead atoms. The Hall–Kier alpha value is -0.580. The number of likely N-dealkylation sites (N-methyl/N-ethyl adjacent to an activating group) is 1. The summed E-state index contributed by atoms with van der Waals surface area (Å²) in [4.78, 5) is 9.21. The van der Waals surface area contributed by atoms with Crippen LogP contribution in [0.4, 0.5) is 0 Å². The minimum atomic E-state index is -3.31. The van der Waals surface area contributed by atoms with Crippen molar-refractivity contribution in [2.24, 2.45) is 0 Å². The molecule has 0 aliphatic carbocycles. The zero-order chi connectivity index (χ0) is 18.6. The van der Waals surface area contributed by atoms with Crippen LogP contribution >= 0.6 is 11.3 Å². The third-order valence-corrected chi connectivity index (χ3v) is 8.17. The first kappa shape index (κ1) is 20.2. The van der Waals surface area contributed by atoms with Gasteiger partial charge in [-0.2, -0.15) is 17.0 Å². The molecular weight excluding hydrogens is 370 g/mol. The van der Waals surface area contributed by atoms with Crippen LogP contribution in [0, 0.1) is 0 Å². The molecule has 3 rings (SSSR count). The van der Waals surface area contributed by atoms with Gasteiger partial charge in [-0.15, -0.1) is 11.3 Å². The Morgan fingerprint density at radius 3 is 2.27 bits per heavy atom. The van der Waals surface area contributed by atoms with E-state index < -0.39 is 10.2 Å². The van der Waals surface area contributed by atoms with Gasteiger partial charge >= 0.3 is 0 Å². The summed E-state index contributed by atoms with van der Waals surface area (Å²) in [7, 11) is -1.27. The molecule has 148 valence electrons. The maximum atomic E-state index is 12.8. The zero-order valence-corrected chi connectivity index (χ0v) is 17.6. The topological polar surface area (TPSA) is 60.0 Å². The molecule has 0 N–H and O–H groups in total. The van der Waals surface area contributed by atoms with Crippen LogP contribution in [0.25, 0.3) is 0 Å². The van der Waals surface area contributed by atoms with Gasteiger partial charge in [-0.25, -0.2) is 4.98 Å². The second-order valence-corrected chi connectivity index (χ2v) is 10.1. The molecule has 0 unspecified atom stereocenters. The third-order valence-electron chi connectivity index (χ3n) is 5.18. The zero-order valence-electron chi connectivity index (χ0n) is 15.9. The Labute approximate surface area is 161 Å². The van der Waals surface area contributed by atoms with Gasteiger partial charge < -0.3 is 4.90 Å². The number of unbranched alkanes of at least 4 members (excludes halogenated alkanes) is 1. The maximum absolute atomic E-state index is 12.8. The van der Waals surface area contributed by atoms with Crippen molar-refractivity contribution in [2.75, 3.05) is 59.4 Å². The maximum Gasteiger partial charge on any atom is 0.282 e. The Morgan fingerprint density at radius 2 is 1.65 bits per heavy atom. The van der Waals surface area contributed by atoms with E-state index in [1.807, 2.05) is 7.05 Å². The fourth-order valence-corrected chi connectivity index (χ4v) is 5.80. The van der Waals surface area contributed by atoms with Gasteiger partial charge in [0.1, 0.15) is 0 Å². The van der Waals surface area contributed by atoms with E-state index in [0.29, 0.717) is 26.2 Å². The first-order chi connectivity index (χ1) is 12.5. The number of rotatable bonds is 7. The van der Waals surface area contributed by atoms with Crippen molar-refractivity contribution in [3.63, 3.8) is 0 Å². The van der Waals surface area contributed by atoms with Crippen LogP contribution in [0.1, 0.15) is 30.5 Å². The summed E-state index contributed by atoms with van der Waals surface area (Å²) < 4.78 is 28.9. The largest absolute Gasteiger partial charge is 0.304 e. The monoisotopic (exact) mass is 401 g/mol. The van der Waals surface area contributed by atoms with Gasteiger partial charge in [0.25, 0.3) is 10.2 Å². The second-order valence-electron chi connectivity index (χ2n) is 7.22. The van der Waals surface area contributed by atoms with E-state index in [4.69, 9.17) is 4.98 Å². The van der Waals surface area contributed by atoms with Gasteiger partial charge in [0.05, 0.1) is 10.7 Å². The normalized spacial score (nSPS) is 22.1. The molecule has 3 heterocycles. The Kier molecular flexibility index (Phi) is 7.04. The molecule has 0 spiro atoms. The number of aryl methyl sites for hydroxylation is 1. The van der Waals surface area contributed by atoms with E-state index in [1.54, 1.807) is 19.9 Å². The van der Waals surface area contributed by atoms with Gasteiger partial charge in [0, 0.05) is 64.3 Å². The molecule has 0 aromatic carbocycles. The summed E-state index contributed by atoms with van der Waals surface area (Å²) >= 11 is 1.75. The average molecular weight is 402 g/mol. The van der Waals surface area contributed by atoms with Crippen molar-refractivity contribution in [3.8, 4) is 0 Å². The minimum Gasteiger partial charge on any atom is -0.304 e. The van der Waals surface area contributed by atoms with Gasteiger partial charge in [-0.3, -0.25) is 4.90 Å². The van der Waals surface area contributed by atoms with E-state index in [0.717, 1.165) is 44.8 Å². The summed E-state index contributed by atoms with van der Waals surface area (Å²) in [5.41, 5.74) is 1.12. The molecule has 0 saturated carbocycles. The molecule has 2 saturated heterocycles. The summed E-state index contributed by atoms with van der Waals surface area (Å²) in [5, 5.41) is 3.37. The van der Waals surface area contributed by atoms with Crippen LogP contribution < -0.4 is 0 Å². The molecule has 7 nitrogen and oxygen atoms in total. The van der Waals surface area contributed by atoms with Crippen molar-refractivity contribution in [1.82, 2.24) is 23.4 Å². The quantitative estimate of drug-likeness (QED) is 0.685. The van der Waals surface area contributed by atoms with Crippen LogP contribution in [-0.4, -0.2) is 91.2 Å². The number of thiazole rings is 1. The number of nitrogens with zero attached hydrogens (tertiary/aromatic N) is 5. The summed E-state index contributed by atoms with van der Waals surface area (Å²) in [6.45, 7) is 8.52. The van der Waals surface area contributed by atoms with Crippen LogP contribution in [-0.2, 0) is 23.2 Å². The number of aromatic nitrogens is 1. The van der Waals surface area contributed by atoms with Crippen molar-refractivity contribution < 1.29 is 8.42 Å². The van der Waals surface area contributed by atoms with Crippen molar-refractivity contribution >= 4 is 21.5 Å². The summed E-state index contributed by atoms with van der Waals surface area (Å²) in [5.74, 6) is 0. The predicted molar refractivity (Wildman–Crippen MR) is 106 cm³/mol. The van der Waals surface area contributed by atoms with Gasteiger partial charge in [0.2, 0.25) is 0 Å². The molecule has 26 heavy (non-hydrogen) atoms. The van der Waals surface area contributed by atoms with E-state index in [-0.39, 0.29) is 0 Å². The highest BCUT2D eigenvalue weighted by Crippen LogP contribution is 2.18. The van der Waals surface area contributed by atoms with Crippen molar-refractivity contribution in [3.05, 3.63) is 16.1 Å². The van der Waals surface area contributed by atoms with E-state index in [2.05, 4.69) is 22.1 Å². The van der Waals surface area contributed by atoms with Gasteiger partial charge in [0.15, 0.2) is 0 Å². The third kappa shape index (κ3) is 5.02. The van der Waals surface area contributed by atoms with Gasteiger partial charge in [-0.05, 0) is 19.9 Å². The molecule has 1 aromatic rings. The first-order valence-corrected chi connectivity index (χ1v) is 11.9. The molecule has 1 aromatic heterocycles. The van der Waals surface area contributed by atoms with Gasteiger partial charge in [-0.1, -0.05) is 13.3 Å². The highest BCUT2D eigenvalue weighted by atomic mass is 32.2. The molecule has 2 aliphatic heterocycles. The molecule has 2 aliphatic rings. The first-order valence-electron chi connectivity index (χ1n) is 9.58. The fourth-order valence-electron chi connectivity index (χ4n) is 3.39. The molecule has 9 heteroatoms. The lowest BCUT2D eigenvalue weighted by Gasteiger charge is -2.38. The molecule has 0 amide bonds. The predicted octanol–water partition coefficient (Wildman–Crippen LogP) is 1.10. The molecular formula is C17H31N5O2S2. The Balaban J connectivity index is 1.48. The van der Waals surface area contributed by atoms with Crippen LogP contribution in [0.5, 0.6) is 0 Å². The van der Waals surface area contributed by atoms with Crippen LogP contribution in [0.2, 0.25) is 0 Å². The summed E-state index contributed by atoms with van der Waals surface area (Å²) in [6, 6.07) is 0. The fraction of sp³-hybridized carbons (Fsp3) is 0.824. The van der Waals surface area contributed by atoms with E-state index >= 15 is 0 Å². The van der Waals surface area contributed by atoms with Crippen LogP contribution in [0.15, 0.2) is 5.38 Å². The lowest BCUT2D eigenvalue weighted by Crippen LogP contribution is -2.56. The molecule has 0 radical (unpaired) electrons. The highest BCUT2D eigenvalue weighted by Gasteiger charge is 2.33. The minimum absolute atomic E-state index is 0.571. The lowest BCUT2D eigenvalue weighted by molar-refractivity contribution is 0.164. The van der Waals surface area contributed by atoms with Crippen molar-refractivity contribution in [1.29, 1.82) is 0 Å².